The number of amides is 1. The predicted octanol–water partition coefficient (Wildman–Crippen LogP) is 2.46. The van der Waals surface area contributed by atoms with Gasteiger partial charge in [-0.3, -0.25) is 10.1 Å². The van der Waals surface area contributed by atoms with Gasteiger partial charge in [-0.15, -0.1) is 0 Å². The quantitative estimate of drug-likeness (QED) is 0.758. The van der Waals surface area contributed by atoms with Crippen molar-refractivity contribution in [3.05, 3.63) is 0 Å². The molecule has 4 nitrogen and oxygen atoms in total. The molecule has 3 unspecified atom stereocenters. The Morgan fingerprint density at radius 1 is 1.24 bits per heavy atom. The zero-order valence-corrected chi connectivity index (χ0v) is 14.0. The van der Waals surface area contributed by atoms with Crippen LogP contribution in [0, 0.1) is 17.8 Å². The van der Waals surface area contributed by atoms with Gasteiger partial charge in [-0.2, -0.15) is 0 Å². The summed E-state index contributed by atoms with van der Waals surface area (Å²) in [5.74, 6) is 1.51. The second kappa shape index (κ2) is 6.66. The molecule has 0 heterocycles. The summed E-state index contributed by atoms with van der Waals surface area (Å²) in [5.41, 5.74) is 5.08. The summed E-state index contributed by atoms with van der Waals surface area (Å²) in [6.07, 6.45) is 5.91. The van der Waals surface area contributed by atoms with E-state index < -0.39 is 5.54 Å². The van der Waals surface area contributed by atoms with Crippen LogP contribution in [0.5, 0.6) is 0 Å². The van der Waals surface area contributed by atoms with E-state index in [0.29, 0.717) is 24.4 Å². The molecule has 0 spiro atoms. The molecule has 2 saturated carbocycles. The van der Waals surface area contributed by atoms with E-state index in [-0.39, 0.29) is 18.1 Å². The highest BCUT2D eigenvalue weighted by Crippen LogP contribution is 2.41. The van der Waals surface area contributed by atoms with Crippen LogP contribution < -0.4 is 11.1 Å². The van der Waals surface area contributed by atoms with E-state index in [2.05, 4.69) is 33.0 Å². The van der Waals surface area contributed by atoms with Gasteiger partial charge in [0.05, 0.1) is 12.7 Å². The first-order valence-corrected chi connectivity index (χ1v) is 8.52. The van der Waals surface area contributed by atoms with Crippen molar-refractivity contribution in [2.75, 3.05) is 6.61 Å². The number of nitrogens with one attached hydrogen (secondary N) is 1. The molecular formula is C17H32N2O2. The van der Waals surface area contributed by atoms with Crippen LogP contribution >= 0.6 is 0 Å². The van der Waals surface area contributed by atoms with Crippen molar-refractivity contribution >= 4 is 5.91 Å². The van der Waals surface area contributed by atoms with Gasteiger partial charge in [0.15, 0.2) is 0 Å². The van der Waals surface area contributed by atoms with Gasteiger partial charge in [0.25, 0.3) is 0 Å². The molecule has 3 N–H and O–H groups in total. The van der Waals surface area contributed by atoms with Crippen LogP contribution in [0.4, 0.5) is 0 Å². The SMILES string of the molecule is CC1CC(C)CC(OCC(NC(C)C)(C(N)=O)C2CC2)C1. The van der Waals surface area contributed by atoms with Crippen molar-refractivity contribution in [1.82, 2.24) is 5.32 Å². The number of carbonyl (C=O) groups is 1. The Balaban J connectivity index is 2.00. The van der Waals surface area contributed by atoms with Crippen LogP contribution in [0.3, 0.4) is 0 Å². The lowest BCUT2D eigenvalue weighted by atomic mass is 9.81. The maximum absolute atomic E-state index is 12.1. The van der Waals surface area contributed by atoms with Crippen LogP contribution in [-0.4, -0.2) is 30.2 Å². The fourth-order valence-corrected chi connectivity index (χ4v) is 3.97. The second-order valence-electron chi connectivity index (χ2n) is 7.76. The van der Waals surface area contributed by atoms with Crippen molar-refractivity contribution < 1.29 is 9.53 Å². The molecule has 0 aromatic rings. The van der Waals surface area contributed by atoms with Crippen LogP contribution in [0.2, 0.25) is 0 Å². The van der Waals surface area contributed by atoms with Crippen molar-refractivity contribution in [3.63, 3.8) is 0 Å². The molecule has 4 heteroatoms. The van der Waals surface area contributed by atoms with E-state index in [1.807, 2.05) is 0 Å². The van der Waals surface area contributed by atoms with Gasteiger partial charge in [0.2, 0.25) is 5.91 Å². The lowest BCUT2D eigenvalue weighted by Crippen LogP contribution is -2.62. The van der Waals surface area contributed by atoms with Crippen LogP contribution in [-0.2, 0) is 9.53 Å². The molecule has 0 saturated heterocycles. The number of ether oxygens (including phenoxy) is 1. The van der Waals surface area contributed by atoms with E-state index >= 15 is 0 Å². The fraction of sp³-hybridized carbons (Fsp3) is 0.941. The Morgan fingerprint density at radius 3 is 2.24 bits per heavy atom. The Morgan fingerprint density at radius 2 is 1.81 bits per heavy atom. The molecule has 0 aromatic carbocycles. The minimum absolute atomic E-state index is 0.228. The van der Waals surface area contributed by atoms with Gasteiger partial charge < -0.3 is 10.5 Å². The number of hydrogen-bond acceptors (Lipinski definition) is 3. The summed E-state index contributed by atoms with van der Waals surface area (Å²) in [7, 11) is 0. The van der Waals surface area contributed by atoms with Gasteiger partial charge in [-0.25, -0.2) is 0 Å². The Hall–Kier alpha value is -0.610. The molecule has 2 rings (SSSR count). The highest BCUT2D eigenvalue weighted by Gasteiger charge is 2.50. The Bertz CT molecular complexity index is 358. The third-order valence-electron chi connectivity index (χ3n) is 4.94. The van der Waals surface area contributed by atoms with Gasteiger partial charge in [0, 0.05) is 6.04 Å². The smallest absolute Gasteiger partial charge is 0.240 e. The molecule has 2 fully saturated rings. The highest BCUT2D eigenvalue weighted by atomic mass is 16.5. The van der Waals surface area contributed by atoms with Gasteiger partial charge in [0.1, 0.15) is 5.54 Å². The topological polar surface area (TPSA) is 64.3 Å². The fourth-order valence-electron chi connectivity index (χ4n) is 3.97. The molecule has 0 radical (unpaired) electrons. The van der Waals surface area contributed by atoms with E-state index in [0.717, 1.165) is 25.7 Å². The maximum atomic E-state index is 12.1. The van der Waals surface area contributed by atoms with Crippen LogP contribution in [0.25, 0.3) is 0 Å². The molecule has 122 valence electrons. The summed E-state index contributed by atoms with van der Waals surface area (Å²) < 4.78 is 6.19. The van der Waals surface area contributed by atoms with E-state index in [9.17, 15) is 4.79 Å². The normalized spacial score (nSPS) is 32.9. The Kier molecular flexibility index (Phi) is 5.31. The minimum Gasteiger partial charge on any atom is -0.376 e. The number of primary amides is 1. The van der Waals surface area contributed by atoms with Crippen LogP contribution in [0.1, 0.15) is 59.8 Å². The molecule has 3 atom stereocenters. The number of nitrogens with two attached hydrogens (primary N) is 1. The first-order chi connectivity index (χ1) is 9.83. The van der Waals surface area contributed by atoms with Crippen molar-refractivity contribution in [2.24, 2.45) is 23.5 Å². The third kappa shape index (κ3) is 4.19. The van der Waals surface area contributed by atoms with Crippen molar-refractivity contribution in [3.8, 4) is 0 Å². The predicted molar refractivity (Wildman–Crippen MR) is 84.8 cm³/mol. The molecular weight excluding hydrogens is 264 g/mol. The zero-order chi connectivity index (χ0) is 15.6. The first kappa shape index (κ1) is 16.8. The lowest BCUT2D eigenvalue weighted by molar-refractivity contribution is -0.131. The van der Waals surface area contributed by atoms with E-state index in [4.69, 9.17) is 10.5 Å². The van der Waals surface area contributed by atoms with E-state index in [1.54, 1.807) is 0 Å². The average molecular weight is 296 g/mol. The summed E-state index contributed by atoms with van der Waals surface area (Å²) in [4.78, 5) is 12.1. The second-order valence-corrected chi connectivity index (χ2v) is 7.76. The standard InChI is InChI=1S/C17H32N2O2/c1-11(2)19-17(16(18)20,14-5-6-14)10-21-15-8-12(3)7-13(4)9-15/h11-15,19H,5-10H2,1-4H3,(H2,18,20). The summed E-state index contributed by atoms with van der Waals surface area (Å²) in [5, 5.41) is 3.42. The number of carbonyl (C=O) groups excluding carboxylic acids is 1. The van der Waals surface area contributed by atoms with Crippen LogP contribution in [0.15, 0.2) is 0 Å². The van der Waals surface area contributed by atoms with E-state index in [1.165, 1.54) is 6.42 Å². The Labute approximate surface area is 129 Å². The van der Waals surface area contributed by atoms with Gasteiger partial charge in [-0.05, 0) is 63.7 Å². The average Bonchev–Trinajstić information content (AvgIpc) is 3.16. The summed E-state index contributed by atoms with van der Waals surface area (Å²) >= 11 is 0. The highest BCUT2D eigenvalue weighted by molar-refractivity contribution is 5.85. The monoisotopic (exact) mass is 296 g/mol. The molecule has 0 aromatic heterocycles. The lowest BCUT2D eigenvalue weighted by Gasteiger charge is -2.37. The van der Waals surface area contributed by atoms with Gasteiger partial charge >= 0.3 is 0 Å². The third-order valence-corrected chi connectivity index (χ3v) is 4.94. The summed E-state index contributed by atoms with van der Waals surface area (Å²) in [6, 6.07) is 0.228. The zero-order valence-electron chi connectivity index (χ0n) is 14.0. The maximum Gasteiger partial charge on any atom is 0.240 e. The number of rotatable bonds is 7. The molecule has 0 aliphatic heterocycles. The molecule has 21 heavy (non-hydrogen) atoms. The molecule has 0 bridgehead atoms. The molecule has 1 amide bonds. The largest absolute Gasteiger partial charge is 0.376 e. The number of hydrogen-bond donors (Lipinski definition) is 2. The molecule has 2 aliphatic rings. The van der Waals surface area contributed by atoms with Gasteiger partial charge in [-0.1, -0.05) is 13.8 Å². The first-order valence-electron chi connectivity index (χ1n) is 8.52. The van der Waals surface area contributed by atoms with Crippen molar-refractivity contribution in [1.29, 1.82) is 0 Å². The minimum atomic E-state index is -0.669. The molecule has 2 aliphatic carbocycles. The van der Waals surface area contributed by atoms with Crippen molar-refractivity contribution in [2.45, 2.75) is 77.5 Å². The summed E-state index contributed by atoms with van der Waals surface area (Å²) in [6.45, 7) is 9.13.